The van der Waals surface area contributed by atoms with Crippen LogP contribution in [0.5, 0.6) is 0 Å². The average Bonchev–Trinajstić information content (AvgIpc) is 2.91. The number of nitrogens with zero attached hydrogens (tertiary/aromatic N) is 1. The van der Waals surface area contributed by atoms with Crippen LogP contribution < -0.4 is 10.2 Å². The molecule has 96 valence electrons. The smallest absolute Gasteiger partial charge is 0.173 e. The Kier molecular flexibility index (Phi) is 3.50. The van der Waals surface area contributed by atoms with Gasteiger partial charge in [-0.25, -0.2) is 0 Å². The van der Waals surface area contributed by atoms with Crippen LogP contribution in [0.25, 0.3) is 0 Å². The van der Waals surface area contributed by atoms with E-state index < -0.39 is 0 Å². The maximum atomic E-state index is 5.60. The standard InChI is InChI=1S/C15H20N2S/c18-15(16-13-8-2-3-9-13)17-11-5-7-12-6-1-4-10-14(12)17/h1,4,6,10,13H,2-3,5,7-9,11H2,(H,16,18). The van der Waals surface area contributed by atoms with Crippen LogP contribution in [0.4, 0.5) is 5.69 Å². The molecule has 0 amide bonds. The second kappa shape index (κ2) is 5.27. The lowest BCUT2D eigenvalue weighted by Crippen LogP contribution is -2.46. The van der Waals surface area contributed by atoms with Gasteiger partial charge >= 0.3 is 0 Å². The van der Waals surface area contributed by atoms with Crippen LogP contribution in [0.15, 0.2) is 24.3 Å². The van der Waals surface area contributed by atoms with Crippen LogP contribution in [-0.2, 0) is 6.42 Å². The summed E-state index contributed by atoms with van der Waals surface area (Å²) >= 11 is 5.60. The van der Waals surface area contributed by atoms with Gasteiger partial charge in [0, 0.05) is 18.3 Å². The summed E-state index contributed by atoms with van der Waals surface area (Å²) in [6, 6.07) is 9.24. The first kappa shape index (κ1) is 12.0. The van der Waals surface area contributed by atoms with Crippen LogP contribution in [0, 0.1) is 0 Å². The molecule has 0 spiro atoms. The van der Waals surface area contributed by atoms with Crippen LogP contribution in [-0.4, -0.2) is 17.7 Å². The molecule has 0 unspecified atom stereocenters. The summed E-state index contributed by atoms with van der Waals surface area (Å²) in [6.07, 6.45) is 7.61. The molecule has 1 aromatic rings. The number of anilines is 1. The van der Waals surface area contributed by atoms with Crippen molar-refractivity contribution in [3.8, 4) is 0 Å². The van der Waals surface area contributed by atoms with E-state index in [2.05, 4.69) is 34.5 Å². The Hall–Kier alpha value is -1.09. The number of fused-ring (bicyclic) bond motifs is 1. The number of hydrogen-bond donors (Lipinski definition) is 1. The number of aryl methyl sites for hydroxylation is 1. The fourth-order valence-electron chi connectivity index (χ4n) is 3.07. The maximum absolute atomic E-state index is 5.60. The zero-order valence-electron chi connectivity index (χ0n) is 10.7. The molecule has 0 bridgehead atoms. The number of hydrogen-bond acceptors (Lipinski definition) is 1. The third-order valence-electron chi connectivity index (χ3n) is 4.04. The molecule has 1 aliphatic heterocycles. The van der Waals surface area contributed by atoms with Crippen molar-refractivity contribution < 1.29 is 0 Å². The molecule has 1 fully saturated rings. The molecule has 0 atom stereocenters. The minimum Gasteiger partial charge on any atom is -0.360 e. The fraction of sp³-hybridized carbons (Fsp3) is 0.533. The maximum Gasteiger partial charge on any atom is 0.173 e. The third kappa shape index (κ3) is 2.37. The fourth-order valence-corrected chi connectivity index (χ4v) is 3.42. The molecule has 18 heavy (non-hydrogen) atoms. The lowest BCUT2D eigenvalue weighted by Gasteiger charge is -2.33. The summed E-state index contributed by atoms with van der Waals surface area (Å²) in [4.78, 5) is 2.28. The van der Waals surface area contributed by atoms with E-state index in [4.69, 9.17) is 12.2 Å². The first-order valence-electron chi connectivity index (χ1n) is 7.00. The summed E-state index contributed by atoms with van der Waals surface area (Å²) in [6.45, 7) is 1.05. The Balaban J connectivity index is 1.74. The van der Waals surface area contributed by atoms with Gasteiger partial charge in [-0.3, -0.25) is 0 Å². The molecule has 1 aliphatic carbocycles. The van der Waals surface area contributed by atoms with E-state index in [1.165, 1.54) is 49.8 Å². The van der Waals surface area contributed by atoms with E-state index in [1.54, 1.807) is 0 Å². The van der Waals surface area contributed by atoms with Crippen LogP contribution in [0.1, 0.15) is 37.7 Å². The summed E-state index contributed by atoms with van der Waals surface area (Å²) < 4.78 is 0. The molecule has 2 aliphatic rings. The minimum atomic E-state index is 0.603. The largest absolute Gasteiger partial charge is 0.360 e. The van der Waals surface area contributed by atoms with Gasteiger partial charge in [-0.2, -0.15) is 0 Å². The molecule has 1 N–H and O–H groups in total. The molecule has 2 nitrogen and oxygen atoms in total. The highest BCUT2D eigenvalue weighted by Crippen LogP contribution is 2.27. The molecule has 3 rings (SSSR count). The van der Waals surface area contributed by atoms with Crippen LogP contribution in [0.3, 0.4) is 0 Å². The van der Waals surface area contributed by atoms with Gasteiger partial charge in [-0.15, -0.1) is 0 Å². The summed E-state index contributed by atoms with van der Waals surface area (Å²) in [5.41, 5.74) is 2.73. The number of thiocarbonyl (C=S) groups is 1. The predicted octanol–water partition coefficient (Wildman–Crippen LogP) is 3.26. The highest BCUT2D eigenvalue weighted by Gasteiger charge is 2.22. The first-order valence-corrected chi connectivity index (χ1v) is 7.41. The highest BCUT2D eigenvalue weighted by atomic mass is 32.1. The molecular weight excluding hydrogens is 240 g/mol. The SMILES string of the molecule is S=C(NC1CCCC1)N1CCCc2ccccc21. The molecular formula is C15H20N2S. The van der Waals surface area contributed by atoms with Crippen molar-refractivity contribution in [2.45, 2.75) is 44.6 Å². The van der Waals surface area contributed by atoms with Gasteiger partial charge < -0.3 is 10.2 Å². The van der Waals surface area contributed by atoms with Crippen molar-refractivity contribution in [1.29, 1.82) is 0 Å². The van der Waals surface area contributed by atoms with Gasteiger partial charge in [0.15, 0.2) is 5.11 Å². The zero-order chi connectivity index (χ0) is 12.4. The van der Waals surface area contributed by atoms with Gasteiger partial charge in [0.1, 0.15) is 0 Å². The molecule has 0 radical (unpaired) electrons. The van der Waals surface area contributed by atoms with Crippen molar-refractivity contribution in [2.24, 2.45) is 0 Å². The normalized spacial score (nSPS) is 19.7. The highest BCUT2D eigenvalue weighted by molar-refractivity contribution is 7.80. The monoisotopic (exact) mass is 260 g/mol. The van der Waals surface area contributed by atoms with Gasteiger partial charge in [0.25, 0.3) is 0 Å². The van der Waals surface area contributed by atoms with Crippen molar-refractivity contribution in [1.82, 2.24) is 5.32 Å². The number of nitrogens with one attached hydrogen (secondary N) is 1. The Morgan fingerprint density at radius 3 is 2.78 bits per heavy atom. The molecule has 0 aromatic heterocycles. The predicted molar refractivity (Wildman–Crippen MR) is 80.1 cm³/mol. The zero-order valence-corrected chi connectivity index (χ0v) is 11.5. The van der Waals surface area contributed by atoms with E-state index in [9.17, 15) is 0 Å². The Morgan fingerprint density at radius 1 is 1.17 bits per heavy atom. The number of benzene rings is 1. The summed E-state index contributed by atoms with van der Waals surface area (Å²) in [5, 5.41) is 4.47. The third-order valence-corrected chi connectivity index (χ3v) is 4.38. The lowest BCUT2D eigenvalue weighted by molar-refractivity contribution is 0.624. The number of para-hydroxylation sites is 1. The van der Waals surface area contributed by atoms with E-state index in [1.807, 2.05) is 0 Å². The van der Waals surface area contributed by atoms with Crippen LogP contribution >= 0.6 is 12.2 Å². The van der Waals surface area contributed by atoms with Crippen molar-refractivity contribution in [3.63, 3.8) is 0 Å². The Morgan fingerprint density at radius 2 is 1.94 bits per heavy atom. The van der Waals surface area contributed by atoms with Crippen molar-refractivity contribution in [3.05, 3.63) is 29.8 Å². The van der Waals surface area contributed by atoms with E-state index in [-0.39, 0.29) is 0 Å². The topological polar surface area (TPSA) is 15.3 Å². The molecule has 3 heteroatoms. The molecule has 1 saturated carbocycles. The Labute approximate surface area is 114 Å². The summed E-state index contributed by atoms with van der Waals surface area (Å²) in [5.74, 6) is 0. The van der Waals surface area contributed by atoms with Crippen LogP contribution in [0.2, 0.25) is 0 Å². The second-order valence-corrected chi connectivity index (χ2v) is 5.70. The Bertz CT molecular complexity index is 438. The molecule has 0 saturated heterocycles. The lowest BCUT2D eigenvalue weighted by atomic mass is 10.0. The van der Waals surface area contributed by atoms with E-state index in [0.29, 0.717) is 6.04 Å². The second-order valence-electron chi connectivity index (χ2n) is 5.31. The van der Waals surface area contributed by atoms with Crippen molar-refractivity contribution >= 4 is 23.0 Å². The average molecular weight is 260 g/mol. The molecule has 1 aromatic carbocycles. The minimum absolute atomic E-state index is 0.603. The quantitative estimate of drug-likeness (QED) is 0.780. The van der Waals surface area contributed by atoms with Crippen molar-refractivity contribution in [2.75, 3.05) is 11.4 Å². The van der Waals surface area contributed by atoms with E-state index >= 15 is 0 Å². The van der Waals surface area contributed by atoms with Gasteiger partial charge in [0.05, 0.1) is 0 Å². The van der Waals surface area contributed by atoms with E-state index in [0.717, 1.165) is 11.7 Å². The number of rotatable bonds is 1. The first-order chi connectivity index (χ1) is 8.84. The molecule has 1 heterocycles. The summed E-state index contributed by atoms with van der Waals surface area (Å²) in [7, 11) is 0. The van der Waals surface area contributed by atoms with Gasteiger partial charge in [-0.1, -0.05) is 31.0 Å². The van der Waals surface area contributed by atoms with Gasteiger partial charge in [0.2, 0.25) is 0 Å². The van der Waals surface area contributed by atoms with Gasteiger partial charge in [-0.05, 0) is 49.5 Å².